The van der Waals surface area contributed by atoms with Crippen molar-refractivity contribution < 1.29 is 13.2 Å². The number of nitrogens with one attached hydrogen (secondary N) is 1. The van der Waals surface area contributed by atoms with E-state index in [1.807, 2.05) is 6.92 Å². The van der Waals surface area contributed by atoms with Gasteiger partial charge in [0, 0.05) is 11.6 Å². The summed E-state index contributed by atoms with van der Waals surface area (Å²) in [4.78, 5) is 0.0769. The standard InChI is InChI=1S/C15H15Cl2NO3S/c1-2-21-15-8-7-12(9-14(15)17)22(19,20)18-10-11-5-3-4-6-13(11)16/h3-9,18H,2,10H2,1H3. The molecular formula is C15H15Cl2NO3S. The van der Waals surface area contributed by atoms with Crippen LogP contribution in [0.25, 0.3) is 0 Å². The summed E-state index contributed by atoms with van der Waals surface area (Å²) in [5.74, 6) is 0.453. The van der Waals surface area contributed by atoms with Gasteiger partial charge in [0.15, 0.2) is 0 Å². The maximum Gasteiger partial charge on any atom is 0.240 e. The summed E-state index contributed by atoms with van der Waals surface area (Å²) in [6, 6.07) is 11.4. The molecule has 1 N–H and O–H groups in total. The van der Waals surface area contributed by atoms with E-state index in [1.54, 1.807) is 24.3 Å². The Kier molecular flexibility index (Phi) is 5.69. The van der Waals surface area contributed by atoms with Crippen LogP contribution < -0.4 is 9.46 Å². The molecule has 0 heterocycles. The first-order valence-corrected chi connectivity index (χ1v) is 8.83. The Morgan fingerprint density at radius 1 is 1.09 bits per heavy atom. The average molecular weight is 360 g/mol. The van der Waals surface area contributed by atoms with Crippen molar-refractivity contribution >= 4 is 33.2 Å². The van der Waals surface area contributed by atoms with Gasteiger partial charge in [0.2, 0.25) is 10.0 Å². The minimum atomic E-state index is -3.68. The highest BCUT2D eigenvalue weighted by atomic mass is 35.5. The molecule has 0 spiro atoms. The SMILES string of the molecule is CCOc1ccc(S(=O)(=O)NCc2ccccc2Cl)cc1Cl. The number of hydrogen-bond acceptors (Lipinski definition) is 3. The number of ether oxygens (including phenoxy) is 1. The Bertz CT molecular complexity index is 763. The van der Waals surface area contributed by atoms with Gasteiger partial charge >= 0.3 is 0 Å². The highest BCUT2D eigenvalue weighted by molar-refractivity contribution is 7.89. The predicted molar refractivity (Wildman–Crippen MR) is 88.1 cm³/mol. The van der Waals surface area contributed by atoms with Crippen LogP contribution in [0.5, 0.6) is 5.75 Å². The van der Waals surface area contributed by atoms with Gasteiger partial charge in [-0.25, -0.2) is 13.1 Å². The number of halogens is 2. The summed E-state index contributed by atoms with van der Waals surface area (Å²) in [5.41, 5.74) is 0.699. The molecule has 0 unspecified atom stereocenters. The molecule has 0 fully saturated rings. The summed E-state index contributed by atoms with van der Waals surface area (Å²) >= 11 is 12.0. The van der Waals surface area contributed by atoms with Crippen molar-refractivity contribution in [3.63, 3.8) is 0 Å². The van der Waals surface area contributed by atoms with E-state index in [0.717, 1.165) is 0 Å². The number of rotatable bonds is 6. The van der Waals surface area contributed by atoms with Crippen LogP contribution in [0.2, 0.25) is 10.0 Å². The van der Waals surface area contributed by atoms with E-state index in [1.165, 1.54) is 18.2 Å². The van der Waals surface area contributed by atoms with Crippen LogP contribution in [0.3, 0.4) is 0 Å². The molecule has 4 nitrogen and oxygen atoms in total. The van der Waals surface area contributed by atoms with Gasteiger partial charge in [-0.2, -0.15) is 0 Å². The van der Waals surface area contributed by atoms with E-state index in [0.29, 0.717) is 22.9 Å². The Hall–Kier alpha value is -1.27. The van der Waals surface area contributed by atoms with Gasteiger partial charge in [-0.3, -0.25) is 0 Å². The number of hydrogen-bond donors (Lipinski definition) is 1. The molecule has 7 heteroatoms. The fourth-order valence-electron chi connectivity index (χ4n) is 1.82. The number of sulfonamides is 1. The second-order valence-electron chi connectivity index (χ2n) is 4.44. The van der Waals surface area contributed by atoms with Crippen molar-refractivity contribution in [2.75, 3.05) is 6.61 Å². The summed E-state index contributed by atoms with van der Waals surface area (Å²) in [5, 5.41) is 0.761. The fraction of sp³-hybridized carbons (Fsp3) is 0.200. The second-order valence-corrected chi connectivity index (χ2v) is 7.02. The highest BCUT2D eigenvalue weighted by Gasteiger charge is 2.16. The minimum absolute atomic E-state index is 0.0769. The smallest absolute Gasteiger partial charge is 0.240 e. The van der Waals surface area contributed by atoms with Crippen molar-refractivity contribution in [3.8, 4) is 5.75 Å². The van der Waals surface area contributed by atoms with Crippen molar-refractivity contribution in [1.82, 2.24) is 4.72 Å². The van der Waals surface area contributed by atoms with E-state index in [9.17, 15) is 8.42 Å². The third-order valence-electron chi connectivity index (χ3n) is 2.92. The van der Waals surface area contributed by atoms with E-state index >= 15 is 0 Å². The van der Waals surface area contributed by atoms with E-state index in [2.05, 4.69) is 4.72 Å². The van der Waals surface area contributed by atoms with Crippen LogP contribution in [0.15, 0.2) is 47.4 Å². The van der Waals surface area contributed by atoms with Crippen LogP contribution in [0, 0.1) is 0 Å². The number of benzene rings is 2. The van der Waals surface area contributed by atoms with Crippen LogP contribution in [-0.4, -0.2) is 15.0 Å². The lowest BCUT2D eigenvalue weighted by atomic mass is 10.2. The van der Waals surface area contributed by atoms with E-state index in [-0.39, 0.29) is 16.5 Å². The molecular weight excluding hydrogens is 345 g/mol. The summed E-state index contributed by atoms with van der Waals surface area (Å²) in [6.45, 7) is 2.38. The van der Waals surface area contributed by atoms with Gasteiger partial charge in [0.1, 0.15) is 5.75 Å². The molecule has 0 atom stereocenters. The summed E-state index contributed by atoms with van der Waals surface area (Å²) in [7, 11) is -3.68. The summed E-state index contributed by atoms with van der Waals surface area (Å²) in [6.07, 6.45) is 0. The molecule has 0 bridgehead atoms. The molecule has 0 aliphatic rings. The molecule has 118 valence electrons. The molecule has 2 rings (SSSR count). The average Bonchev–Trinajstić information content (AvgIpc) is 2.48. The predicted octanol–water partition coefficient (Wildman–Crippen LogP) is 3.87. The van der Waals surface area contributed by atoms with E-state index in [4.69, 9.17) is 27.9 Å². The van der Waals surface area contributed by atoms with Crippen molar-refractivity contribution in [2.45, 2.75) is 18.4 Å². The first-order chi connectivity index (χ1) is 10.4. The molecule has 0 aliphatic carbocycles. The Labute approximate surface area is 140 Å². The van der Waals surface area contributed by atoms with Crippen LogP contribution in [-0.2, 0) is 16.6 Å². The van der Waals surface area contributed by atoms with Crippen LogP contribution in [0.4, 0.5) is 0 Å². The zero-order chi connectivity index (χ0) is 16.2. The fourth-order valence-corrected chi connectivity index (χ4v) is 3.35. The van der Waals surface area contributed by atoms with Gasteiger partial charge in [-0.1, -0.05) is 41.4 Å². The Balaban J connectivity index is 2.17. The molecule has 0 aromatic heterocycles. The van der Waals surface area contributed by atoms with E-state index < -0.39 is 10.0 Å². The molecule has 0 aliphatic heterocycles. The summed E-state index contributed by atoms with van der Waals surface area (Å²) < 4.78 is 32.4. The third-order valence-corrected chi connectivity index (χ3v) is 4.99. The molecule has 2 aromatic rings. The molecule has 0 amide bonds. The Morgan fingerprint density at radius 2 is 1.82 bits per heavy atom. The van der Waals surface area contributed by atoms with Crippen molar-refractivity contribution in [3.05, 3.63) is 58.1 Å². The van der Waals surface area contributed by atoms with Gasteiger partial charge in [0.25, 0.3) is 0 Å². The molecule has 0 radical (unpaired) electrons. The first-order valence-electron chi connectivity index (χ1n) is 6.59. The first kappa shape index (κ1) is 17.1. The van der Waals surface area contributed by atoms with Gasteiger partial charge in [0.05, 0.1) is 16.5 Å². The highest BCUT2D eigenvalue weighted by Crippen LogP contribution is 2.27. The van der Waals surface area contributed by atoms with Gasteiger partial charge in [-0.05, 0) is 36.8 Å². The normalized spacial score (nSPS) is 11.4. The topological polar surface area (TPSA) is 55.4 Å². The molecule has 22 heavy (non-hydrogen) atoms. The minimum Gasteiger partial charge on any atom is -0.492 e. The lowest BCUT2D eigenvalue weighted by Gasteiger charge is -2.10. The van der Waals surface area contributed by atoms with Crippen molar-refractivity contribution in [1.29, 1.82) is 0 Å². The van der Waals surface area contributed by atoms with Crippen molar-refractivity contribution in [2.24, 2.45) is 0 Å². The molecule has 0 saturated heterocycles. The second kappa shape index (κ2) is 7.33. The molecule has 0 saturated carbocycles. The molecule has 2 aromatic carbocycles. The Morgan fingerprint density at radius 3 is 2.45 bits per heavy atom. The maximum absolute atomic E-state index is 12.3. The largest absolute Gasteiger partial charge is 0.492 e. The quantitative estimate of drug-likeness (QED) is 0.851. The maximum atomic E-state index is 12.3. The zero-order valence-electron chi connectivity index (χ0n) is 11.8. The monoisotopic (exact) mass is 359 g/mol. The van der Waals surface area contributed by atoms with Gasteiger partial charge < -0.3 is 4.74 Å². The van der Waals surface area contributed by atoms with Gasteiger partial charge in [-0.15, -0.1) is 0 Å². The zero-order valence-corrected chi connectivity index (χ0v) is 14.2. The lowest BCUT2D eigenvalue weighted by Crippen LogP contribution is -2.23. The lowest BCUT2D eigenvalue weighted by molar-refractivity contribution is 0.340. The van der Waals surface area contributed by atoms with Crippen LogP contribution in [0.1, 0.15) is 12.5 Å². The third kappa shape index (κ3) is 4.14. The van der Waals surface area contributed by atoms with Crippen LogP contribution >= 0.6 is 23.2 Å².